The highest BCUT2D eigenvalue weighted by Crippen LogP contribution is 2.12. The number of likely N-dealkylation sites (N-methyl/N-ethyl adjacent to an activating group) is 1. The van der Waals surface area contributed by atoms with Crippen LogP contribution in [0.1, 0.15) is 16.1 Å². The molecule has 0 aliphatic rings. The summed E-state index contributed by atoms with van der Waals surface area (Å²) in [5.41, 5.74) is 0.770. The average Bonchev–Trinajstić information content (AvgIpc) is 2.96. The molecule has 1 aromatic carbocycles. The van der Waals surface area contributed by atoms with Crippen LogP contribution in [0, 0.1) is 0 Å². The number of hydrogen-bond acceptors (Lipinski definition) is 5. The van der Waals surface area contributed by atoms with Gasteiger partial charge < -0.3 is 14.7 Å². The van der Waals surface area contributed by atoms with Gasteiger partial charge in [-0.25, -0.2) is 9.48 Å². The molecule has 2 aromatic rings. The number of carboxylic acid groups (broad SMARTS) is 1. The monoisotopic (exact) mass is 304 g/mol. The Kier molecular flexibility index (Phi) is 4.72. The highest BCUT2D eigenvalue weighted by molar-refractivity contribution is 5.84. The zero-order valence-corrected chi connectivity index (χ0v) is 12.3. The van der Waals surface area contributed by atoms with Gasteiger partial charge in [-0.3, -0.25) is 4.79 Å². The fourth-order valence-electron chi connectivity index (χ4n) is 1.83. The lowest BCUT2D eigenvalue weighted by Crippen LogP contribution is -2.30. The number of methoxy groups -OCH3 is 1. The lowest BCUT2D eigenvalue weighted by atomic mass is 10.2. The van der Waals surface area contributed by atoms with Crippen molar-refractivity contribution in [1.82, 2.24) is 19.9 Å². The first-order valence-electron chi connectivity index (χ1n) is 6.50. The van der Waals surface area contributed by atoms with Gasteiger partial charge in [0.25, 0.3) is 0 Å². The van der Waals surface area contributed by atoms with Gasteiger partial charge in [-0.1, -0.05) is 17.3 Å². The summed E-state index contributed by atoms with van der Waals surface area (Å²) in [5.74, 6) is -0.621. The second-order valence-corrected chi connectivity index (χ2v) is 4.70. The van der Waals surface area contributed by atoms with E-state index < -0.39 is 5.97 Å². The minimum Gasteiger partial charge on any atom is -0.497 e. The molecule has 1 aromatic heterocycles. The number of carbonyl (C=O) groups excluding carboxylic acids is 1. The first kappa shape index (κ1) is 15.5. The predicted octanol–water partition coefficient (Wildman–Crippen LogP) is 0.643. The van der Waals surface area contributed by atoms with Crippen LogP contribution in [-0.2, 0) is 17.9 Å². The number of carboxylic acids is 1. The summed E-state index contributed by atoms with van der Waals surface area (Å²) >= 11 is 0. The van der Waals surface area contributed by atoms with Crippen molar-refractivity contribution < 1.29 is 19.4 Å². The SMILES string of the molecule is COc1ccc(CN(C)C(=O)Cn2cc(C(=O)O)nn2)cc1. The lowest BCUT2D eigenvalue weighted by molar-refractivity contribution is -0.131. The fourth-order valence-corrected chi connectivity index (χ4v) is 1.83. The molecule has 0 saturated heterocycles. The molecule has 22 heavy (non-hydrogen) atoms. The molecule has 0 saturated carbocycles. The molecule has 2 rings (SSSR count). The van der Waals surface area contributed by atoms with Gasteiger partial charge in [-0.2, -0.15) is 0 Å². The van der Waals surface area contributed by atoms with E-state index in [1.165, 1.54) is 15.8 Å². The number of amides is 1. The summed E-state index contributed by atoms with van der Waals surface area (Å²) in [6.07, 6.45) is 1.22. The van der Waals surface area contributed by atoms with Gasteiger partial charge in [0.15, 0.2) is 5.69 Å². The lowest BCUT2D eigenvalue weighted by Gasteiger charge is -2.17. The quantitative estimate of drug-likeness (QED) is 0.841. The van der Waals surface area contributed by atoms with Crippen molar-refractivity contribution >= 4 is 11.9 Å². The number of nitrogens with zero attached hydrogens (tertiary/aromatic N) is 4. The molecule has 1 amide bonds. The van der Waals surface area contributed by atoms with Gasteiger partial charge in [-0.05, 0) is 17.7 Å². The van der Waals surface area contributed by atoms with Crippen molar-refractivity contribution in [2.75, 3.05) is 14.2 Å². The van der Waals surface area contributed by atoms with Crippen molar-refractivity contribution in [3.05, 3.63) is 41.7 Å². The number of aromatic nitrogens is 3. The summed E-state index contributed by atoms with van der Waals surface area (Å²) in [7, 11) is 3.26. The predicted molar refractivity (Wildman–Crippen MR) is 76.4 cm³/mol. The topological polar surface area (TPSA) is 97.5 Å². The zero-order chi connectivity index (χ0) is 16.1. The highest BCUT2D eigenvalue weighted by Gasteiger charge is 2.13. The van der Waals surface area contributed by atoms with E-state index in [2.05, 4.69) is 10.3 Å². The maximum Gasteiger partial charge on any atom is 0.358 e. The third-order valence-electron chi connectivity index (χ3n) is 3.06. The van der Waals surface area contributed by atoms with Gasteiger partial charge in [0.2, 0.25) is 5.91 Å². The Hall–Kier alpha value is -2.90. The maximum absolute atomic E-state index is 12.1. The van der Waals surface area contributed by atoms with Gasteiger partial charge in [0.1, 0.15) is 12.3 Å². The summed E-state index contributed by atoms with van der Waals surface area (Å²) in [6, 6.07) is 7.40. The average molecular weight is 304 g/mol. The fraction of sp³-hybridized carbons (Fsp3) is 0.286. The maximum atomic E-state index is 12.1. The van der Waals surface area contributed by atoms with E-state index in [1.807, 2.05) is 24.3 Å². The molecular weight excluding hydrogens is 288 g/mol. The molecule has 8 heteroatoms. The Morgan fingerprint density at radius 1 is 1.32 bits per heavy atom. The number of ether oxygens (including phenoxy) is 1. The summed E-state index contributed by atoms with van der Waals surface area (Å²) in [4.78, 5) is 24.3. The van der Waals surface area contributed by atoms with Gasteiger partial charge in [0.05, 0.1) is 13.3 Å². The number of aromatic carboxylic acids is 1. The first-order chi connectivity index (χ1) is 10.5. The number of benzene rings is 1. The van der Waals surface area contributed by atoms with Crippen molar-refractivity contribution in [3.63, 3.8) is 0 Å². The molecule has 1 N–H and O–H groups in total. The minimum atomic E-state index is -1.18. The molecular formula is C14H16N4O4. The molecule has 1 heterocycles. The van der Waals surface area contributed by atoms with Gasteiger partial charge in [-0.15, -0.1) is 5.10 Å². The van der Waals surface area contributed by atoms with Crippen LogP contribution in [0.3, 0.4) is 0 Å². The number of hydrogen-bond donors (Lipinski definition) is 1. The van der Waals surface area contributed by atoms with Crippen molar-refractivity contribution in [2.45, 2.75) is 13.1 Å². The molecule has 116 valence electrons. The molecule has 0 radical (unpaired) electrons. The smallest absolute Gasteiger partial charge is 0.358 e. The summed E-state index contributed by atoms with van der Waals surface area (Å²) in [6.45, 7) is 0.371. The van der Waals surface area contributed by atoms with E-state index >= 15 is 0 Å². The van der Waals surface area contributed by atoms with Crippen LogP contribution in [0.5, 0.6) is 5.75 Å². The summed E-state index contributed by atoms with van der Waals surface area (Å²) < 4.78 is 6.28. The van der Waals surface area contributed by atoms with Crippen LogP contribution in [-0.4, -0.2) is 51.0 Å². The van der Waals surface area contributed by atoms with Crippen LogP contribution in [0.4, 0.5) is 0 Å². The van der Waals surface area contributed by atoms with E-state index in [1.54, 1.807) is 14.2 Å². The molecule has 8 nitrogen and oxygen atoms in total. The largest absolute Gasteiger partial charge is 0.497 e. The van der Waals surface area contributed by atoms with Crippen molar-refractivity contribution in [3.8, 4) is 5.75 Å². The molecule has 0 fully saturated rings. The second kappa shape index (κ2) is 6.70. The molecule has 0 aliphatic heterocycles. The normalized spacial score (nSPS) is 10.3. The molecule has 0 bridgehead atoms. The van der Waals surface area contributed by atoms with Crippen molar-refractivity contribution in [1.29, 1.82) is 0 Å². The Morgan fingerprint density at radius 2 is 2.00 bits per heavy atom. The highest BCUT2D eigenvalue weighted by atomic mass is 16.5. The molecule has 0 unspecified atom stereocenters. The van der Waals surface area contributed by atoms with Crippen LogP contribution >= 0.6 is 0 Å². The minimum absolute atomic E-state index is 0.0626. The second-order valence-electron chi connectivity index (χ2n) is 4.70. The van der Waals surface area contributed by atoms with E-state index in [4.69, 9.17) is 9.84 Å². The third kappa shape index (κ3) is 3.81. The van der Waals surface area contributed by atoms with E-state index in [9.17, 15) is 9.59 Å². The molecule has 0 spiro atoms. The van der Waals surface area contributed by atoms with E-state index in [-0.39, 0.29) is 18.1 Å². The standard InChI is InChI=1S/C14H16N4O4/c1-17(7-10-3-5-11(22-2)6-4-10)13(19)9-18-8-12(14(20)21)15-16-18/h3-6,8H,7,9H2,1-2H3,(H,20,21). The van der Waals surface area contributed by atoms with Crippen LogP contribution in [0.25, 0.3) is 0 Å². The van der Waals surface area contributed by atoms with Crippen LogP contribution in [0.2, 0.25) is 0 Å². The van der Waals surface area contributed by atoms with Gasteiger partial charge >= 0.3 is 5.97 Å². The van der Waals surface area contributed by atoms with E-state index in [0.717, 1.165) is 11.3 Å². The zero-order valence-electron chi connectivity index (χ0n) is 12.3. The van der Waals surface area contributed by atoms with E-state index in [0.29, 0.717) is 6.54 Å². The Labute approximate surface area is 126 Å². The first-order valence-corrected chi connectivity index (χ1v) is 6.50. The Balaban J connectivity index is 1.94. The van der Waals surface area contributed by atoms with Crippen LogP contribution in [0.15, 0.2) is 30.5 Å². The number of rotatable bonds is 6. The van der Waals surface area contributed by atoms with Crippen LogP contribution < -0.4 is 4.74 Å². The Morgan fingerprint density at radius 3 is 2.55 bits per heavy atom. The van der Waals surface area contributed by atoms with Gasteiger partial charge in [0, 0.05) is 13.6 Å². The van der Waals surface area contributed by atoms with Crippen molar-refractivity contribution in [2.24, 2.45) is 0 Å². The molecule has 0 aliphatic carbocycles. The third-order valence-corrected chi connectivity index (χ3v) is 3.06. The number of carbonyl (C=O) groups is 2. The molecule has 0 atom stereocenters. The Bertz CT molecular complexity index is 666. The summed E-state index contributed by atoms with van der Waals surface area (Å²) in [5, 5.41) is 15.8.